The highest BCUT2D eigenvalue weighted by molar-refractivity contribution is 7.98. The zero-order valence-electron chi connectivity index (χ0n) is 9.25. The number of non-ortho nitro benzene ring substituents is 1. The first-order valence-corrected chi connectivity index (χ1v) is 6.50. The number of hydrogen-bond acceptors (Lipinski definition) is 4. The lowest BCUT2D eigenvalue weighted by atomic mass is 10.2. The number of nitro benzene ring substituents is 1. The topological polar surface area (TPSA) is 56.0 Å². The molecule has 4 nitrogen and oxygen atoms in total. The minimum absolute atomic E-state index is 0.0974. The molecule has 92 valence electrons. The van der Waals surface area contributed by atoms with Gasteiger partial charge in [0.15, 0.2) is 0 Å². The van der Waals surface area contributed by atoms with Crippen LogP contribution >= 0.6 is 23.4 Å². The Kier molecular flexibility index (Phi) is 4.17. The van der Waals surface area contributed by atoms with E-state index in [-0.39, 0.29) is 5.69 Å². The van der Waals surface area contributed by atoms with E-state index in [9.17, 15) is 10.1 Å². The fraction of sp³-hybridized carbons (Fsp3) is 0.0833. The first-order chi connectivity index (χ1) is 8.66. The van der Waals surface area contributed by atoms with Crippen molar-refractivity contribution < 1.29 is 4.92 Å². The smallest absolute Gasteiger partial charge is 0.258 e. The first kappa shape index (κ1) is 12.9. The van der Waals surface area contributed by atoms with E-state index >= 15 is 0 Å². The van der Waals surface area contributed by atoms with Crippen molar-refractivity contribution in [3.8, 4) is 0 Å². The van der Waals surface area contributed by atoms with Crippen LogP contribution < -0.4 is 0 Å². The van der Waals surface area contributed by atoms with Crippen molar-refractivity contribution in [1.82, 2.24) is 4.98 Å². The average molecular weight is 281 g/mol. The molecule has 0 amide bonds. The molecular formula is C12H9ClN2O2S. The Hall–Kier alpha value is -1.59. The Balaban J connectivity index is 2.09. The molecule has 1 aromatic carbocycles. The van der Waals surface area contributed by atoms with E-state index in [1.54, 1.807) is 30.5 Å². The molecule has 0 aliphatic heterocycles. The molecule has 0 aliphatic rings. The lowest BCUT2D eigenvalue weighted by molar-refractivity contribution is -0.384. The zero-order chi connectivity index (χ0) is 13.0. The van der Waals surface area contributed by atoms with Gasteiger partial charge in [-0.1, -0.05) is 23.7 Å². The van der Waals surface area contributed by atoms with Gasteiger partial charge in [0.05, 0.1) is 9.95 Å². The zero-order valence-corrected chi connectivity index (χ0v) is 10.8. The van der Waals surface area contributed by atoms with Gasteiger partial charge in [-0.05, 0) is 17.7 Å². The van der Waals surface area contributed by atoms with E-state index in [1.165, 1.54) is 17.8 Å². The van der Waals surface area contributed by atoms with Crippen LogP contribution in [0.5, 0.6) is 0 Å². The Bertz CT molecular complexity index is 578. The van der Waals surface area contributed by atoms with E-state index in [2.05, 4.69) is 4.98 Å². The summed E-state index contributed by atoms with van der Waals surface area (Å²) in [6.07, 6.45) is 1.67. The maximum absolute atomic E-state index is 10.6. The van der Waals surface area contributed by atoms with Crippen LogP contribution in [0.25, 0.3) is 0 Å². The van der Waals surface area contributed by atoms with Gasteiger partial charge in [0.1, 0.15) is 5.03 Å². The van der Waals surface area contributed by atoms with Crippen LogP contribution in [0.4, 0.5) is 5.69 Å². The molecule has 2 aromatic rings. The van der Waals surface area contributed by atoms with Gasteiger partial charge in [0, 0.05) is 24.1 Å². The number of aromatic nitrogens is 1. The third-order valence-electron chi connectivity index (χ3n) is 2.22. The number of nitrogens with zero attached hydrogens (tertiary/aromatic N) is 2. The van der Waals surface area contributed by atoms with Gasteiger partial charge in [-0.3, -0.25) is 10.1 Å². The van der Waals surface area contributed by atoms with Crippen LogP contribution in [0.3, 0.4) is 0 Å². The van der Waals surface area contributed by atoms with Crippen molar-refractivity contribution in [3.05, 3.63) is 63.3 Å². The summed E-state index contributed by atoms with van der Waals surface area (Å²) in [5.74, 6) is 0.596. The van der Waals surface area contributed by atoms with Crippen LogP contribution in [-0.2, 0) is 5.75 Å². The predicted octanol–water partition coefficient (Wildman–Crippen LogP) is 3.94. The second-order valence-corrected chi connectivity index (χ2v) is 4.88. The molecule has 0 saturated heterocycles. The van der Waals surface area contributed by atoms with E-state index < -0.39 is 4.92 Å². The second-order valence-electron chi connectivity index (χ2n) is 3.51. The van der Waals surface area contributed by atoms with Gasteiger partial charge in [0.25, 0.3) is 5.69 Å². The van der Waals surface area contributed by atoms with Crippen molar-refractivity contribution in [3.63, 3.8) is 0 Å². The van der Waals surface area contributed by atoms with Crippen LogP contribution in [0.2, 0.25) is 5.02 Å². The van der Waals surface area contributed by atoms with E-state index in [0.717, 1.165) is 10.6 Å². The van der Waals surface area contributed by atoms with Gasteiger partial charge in [-0.25, -0.2) is 4.98 Å². The summed E-state index contributed by atoms with van der Waals surface area (Å²) in [5.41, 5.74) is 0.969. The van der Waals surface area contributed by atoms with Crippen LogP contribution in [0.15, 0.2) is 47.6 Å². The number of pyridine rings is 1. The lowest BCUT2D eigenvalue weighted by Gasteiger charge is -2.02. The SMILES string of the molecule is O=[N+]([O-])c1cccc(CSc2ncccc2Cl)c1. The summed E-state index contributed by atoms with van der Waals surface area (Å²) in [7, 11) is 0. The molecule has 0 N–H and O–H groups in total. The summed E-state index contributed by atoms with van der Waals surface area (Å²) in [6.45, 7) is 0. The molecule has 0 atom stereocenters. The minimum Gasteiger partial charge on any atom is -0.258 e. The monoisotopic (exact) mass is 280 g/mol. The number of benzene rings is 1. The summed E-state index contributed by atoms with van der Waals surface area (Å²) in [5, 5.41) is 12.0. The lowest BCUT2D eigenvalue weighted by Crippen LogP contribution is -1.89. The molecule has 0 bridgehead atoms. The number of thioether (sulfide) groups is 1. The summed E-state index contributed by atoms with van der Waals surface area (Å²) in [4.78, 5) is 14.4. The van der Waals surface area contributed by atoms with Gasteiger partial charge in [-0.2, -0.15) is 0 Å². The molecular weight excluding hydrogens is 272 g/mol. The molecule has 0 saturated carbocycles. The Morgan fingerprint density at radius 3 is 2.89 bits per heavy atom. The molecule has 0 aliphatic carbocycles. The molecule has 6 heteroatoms. The largest absolute Gasteiger partial charge is 0.269 e. The average Bonchev–Trinajstić information content (AvgIpc) is 2.38. The van der Waals surface area contributed by atoms with Crippen molar-refractivity contribution in [2.45, 2.75) is 10.8 Å². The molecule has 1 heterocycles. The summed E-state index contributed by atoms with van der Waals surface area (Å²) in [6, 6.07) is 10.1. The maximum Gasteiger partial charge on any atom is 0.269 e. The fourth-order valence-electron chi connectivity index (χ4n) is 1.39. The third-order valence-corrected chi connectivity index (χ3v) is 3.72. The number of nitro groups is 1. The van der Waals surface area contributed by atoms with Crippen molar-refractivity contribution >= 4 is 29.1 Å². The highest BCUT2D eigenvalue weighted by Gasteiger charge is 2.07. The van der Waals surface area contributed by atoms with Gasteiger partial charge >= 0.3 is 0 Å². The summed E-state index contributed by atoms with van der Waals surface area (Å²) < 4.78 is 0. The highest BCUT2D eigenvalue weighted by atomic mass is 35.5. The maximum atomic E-state index is 10.6. The van der Waals surface area contributed by atoms with E-state index in [4.69, 9.17) is 11.6 Å². The van der Waals surface area contributed by atoms with Crippen LogP contribution in [0.1, 0.15) is 5.56 Å². The third kappa shape index (κ3) is 3.21. The second kappa shape index (κ2) is 5.84. The Morgan fingerprint density at radius 2 is 2.17 bits per heavy atom. The minimum atomic E-state index is -0.401. The molecule has 0 unspecified atom stereocenters. The fourth-order valence-corrected chi connectivity index (χ4v) is 2.50. The first-order valence-electron chi connectivity index (χ1n) is 5.13. The van der Waals surface area contributed by atoms with Gasteiger partial charge in [0.2, 0.25) is 0 Å². The Morgan fingerprint density at radius 1 is 1.33 bits per heavy atom. The van der Waals surface area contributed by atoms with Crippen molar-refractivity contribution in [2.24, 2.45) is 0 Å². The molecule has 2 rings (SSSR count). The van der Waals surface area contributed by atoms with Crippen LogP contribution in [-0.4, -0.2) is 9.91 Å². The normalized spacial score (nSPS) is 10.3. The standard InChI is InChI=1S/C12H9ClN2O2S/c13-11-5-2-6-14-12(11)18-8-9-3-1-4-10(7-9)15(16)17/h1-7H,8H2. The summed E-state index contributed by atoms with van der Waals surface area (Å²) >= 11 is 7.44. The number of halogens is 1. The van der Waals surface area contributed by atoms with E-state index in [0.29, 0.717) is 10.8 Å². The molecule has 0 spiro atoms. The van der Waals surface area contributed by atoms with Gasteiger partial charge < -0.3 is 0 Å². The molecule has 0 radical (unpaired) electrons. The quantitative estimate of drug-likeness (QED) is 0.484. The highest BCUT2D eigenvalue weighted by Crippen LogP contribution is 2.28. The van der Waals surface area contributed by atoms with Crippen LogP contribution in [0, 0.1) is 10.1 Å². The van der Waals surface area contributed by atoms with Crippen molar-refractivity contribution in [2.75, 3.05) is 0 Å². The molecule has 1 aromatic heterocycles. The predicted molar refractivity (Wildman–Crippen MR) is 71.9 cm³/mol. The van der Waals surface area contributed by atoms with E-state index in [1.807, 2.05) is 6.07 Å². The van der Waals surface area contributed by atoms with Crippen molar-refractivity contribution in [1.29, 1.82) is 0 Å². The molecule has 0 fully saturated rings. The number of rotatable bonds is 4. The Labute approximate surface area is 113 Å². The number of hydrogen-bond donors (Lipinski definition) is 0. The molecule has 18 heavy (non-hydrogen) atoms. The van der Waals surface area contributed by atoms with Gasteiger partial charge in [-0.15, -0.1) is 11.8 Å².